The van der Waals surface area contributed by atoms with Gasteiger partial charge in [0, 0.05) is 19.7 Å². The Balaban J connectivity index is 1.38. The van der Waals surface area contributed by atoms with Crippen LogP contribution in [0.4, 0.5) is 0 Å². The average molecular weight is 508 g/mol. The maximum absolute atomic E-state index is 14.2. The van der Waals surface area contributed by atoms with Crippen molar-refractivity contribution < 1.29 is 29.0 Å². The number of benzene rings is 1. The Morgan fingerprint density at radius 3 is 2.84 bits per heavy atom. The summed E-state index contributed by atoms with van der Waals surface area (Å²) in [5.74, 6) is -2.77. The third kappa shape index (κ3) is 3.75. The number of amides is 2. The van der Waals surface area contributed by atoms with Gasteiger partial charge in [-0.25, -0.2) is 4.68 Å². The number of aliphatic hydroxyl groups excluding tert-OH is 1. The van der Waals surface area contributed by atoms with E-state index in [0.717, 1.165) is 11.0 Å². The Kier molecular flexibility index (Phi) is 6.04. The van der Waals surface area contributed by atoms with E-state index in [1.807, 2.05) is 42.5 Å². The maximum Gasteiger partial charge on any atom is 0.312 e. The van der Waals surface area contributed by atoms with E-state index in [-0.39, 0.29) is 44.8 Å². The maximum atomic E-state index is 14.2. The summed E-state index contributed by atoms with van der Waals surface area (Å²) in [5, 5.41) is 17.7. The highest BCUT2D eigenvalue weighted by atomic mass is 16.6. The third-order valence-electron chi connectivity index (χ3n) is 7.74. The molecule has 0 aliphatic carbocycles. The molecule has 1 unspecified atom stereocenters. The summed E-state index contributed by atoms with van der Waals surface area (Å²) in [7, 11) is 0. The molecular formula is C26H29N5O6. The van der Waals surface area contributed by atoms with Crippen molar-refractivity contribution >= 4 is 28.8 Å². The zero-order valence-corrected chi connectivity index (χ0v) is 20.3. The van der Waals surface area contributed by atoms with Gasteiger partial charge in [-0.3, -0.25) is 14.4 Å². The van der Waals surface area contributed by atoms with Gasteiger partial charge < -0.3 is 24.4 Å². The first kappa shape index (κ1) is 23.8. The Labute approximate surface area is 213 Å². The minimum absolute atomic E-state index is 0.0149. The quantitative estimate of drug-likeness (QED) is 0.343. The van der Waals surface area contributed by atoms with Gasteiger partial charge in [0.05, 0.1) is 24.1 Å². The van der Waals surface area contributed by atoms with Crippen molar-refractivity contribution in [2.75, 3.05) is 26.3 Å². The van der Waals surface area contributed by atoms with Gasteiger partial charge in [0.1, 0.15) is 29.7 Å². The average Bonchev–Trinajstić information content (AvgIpc) is 3.47. The predicted octanol–water partition coefficient (Wildman–Crippen LogP) is 0.644. The molecule has 11 heteroatoms. The van der Waals surface area contributed by atoms with E-state index in [1.165, 1.54) is 4.90 Å². The standard InChI is InChI=1S/C26H29N5O6/c32-14-5-4-13-30-22-24(34)29(16-31-18-9-2-1-8-17(18)27-28-31)12-7-11-26(22)21(23(30)33)20-19(37-26)10-3-6-15-36-25(20)35/h1-3,7-11,19-22,32H,4-6,12-16H2/t19-,20+,21-,22?,26-/m0/s1. The molecule has 194 valence electrons. The number of aliphatic hydroxyl groups is 1. The third-order valence-corrected chi connectivity index (χ3v) is 7.74. The molecule has 1 spiro atoms. The topological polar surface area (TPSA) is 127 Å². The number of hydrogen-bond acceptors (Lipinski definition) is 8. The predicted molar refractivity (Wildman–Crippen MR) is 130 cm³/mol. The lowest BCUT2D eigenvalue weighted by Gasteiger charge is -2.35. The highest BCUT2D eigenvalue weighted by molar-refractivity contribution is 5.99. The number of carbonyl (C=O) groups excluding carboxylic acids is 3. The summed E-state index contributed by atoms with van der Waals surface area (Å²) < 4.78 is 13.6. The van der Waals surface area contributed by atoms with Gasteiger partial charge >= 0.3 is 5.97 Å². The molecule has 1 N–H and O–H groups in total. The summed E-state index contributed by atoms with van der Waals surface area (Å²) >= 11 is 0. The van der Waals surface area contributed by atoms with Crippen molar-refractivity contribution in [2.45, 2.75) is 43.7 Å². The number of hydrogen-bond donors (Lipinski definition) is 1. The van der Waals surface area contributed by atoms with Gasteiger partial charge in [-0.1, -0.05) is 41.7 Å². The van der Waals surface area contributed by atoms with Gasteiger partial charge in [-0.05, 0) is 31.4 Å². The molecule has 1 aromatic heterocycles. The first-order valence-electron chi connectivity index (χ1n) is 12.7. The molecule has 2 saturated heterocycles. The summed E-state index contributed by atoms with van der Waals surface area (Å²) in [6, 6.07) is 6.55. The van der Waals surface area contributed by atoms with Crippen LogP contribution in [0.15, 0.2) is 48.6 Å². The first-order valence-corrected chi connectivity index (χ1v) is 12.7. The molecule has 6 rings (SSSR count). The van der Waals surface area contributed by atoms with E-state index in [0.29, 0.717) is 19.3 Å². The Morgan fingerprint density at radius 2 is 1.97 bits per heavy atom. The summed E-state index contributed by atoms with van der Waals surface area (Å²) in [6.07, 6.45) is 8.26. The SMILES string of the molecule is O=C1OCCC=C[C@@H]2O[C@]34C=CCN(Cn5nnc6ccccc65)C(=O)C3N(CCCCO)C(=O)[C@@H]4[C@H]12. The molecule has 5 atom stereocenters. The van der Waals surface area contributed by atoms with Crippen LogP contribution in [0, 0.1) is 11.8 Å². The highest BCUT2D eigenvalue weighted by Gasteiger charge is 2.71. The molecule has 4 aliphatic heterocycles. The molecule has 0 radical (unpaired) electrons. The van der Waals surface area contributed by atoms with E-state index in [4.69, 9.17) is 9.47 Å². The van der Waals surface area contributed by atoms with Crippen LogP contribution in [-0.2, 0) is 30.5 Å². The molecule has 11 nitrogen and oxygen atoms in total. The monoisotopic (exact) mass is 507 g/mol. The number of esters is 1. The van der Waals surface area contributed by atoms with E-state index >= 15 is 0 Å². The largest absolute Gasteiger partial charge is 0.465 e. The van der Waals surface area contributed by atoms with Crippen molar-refractivity contribution in [1.82, 2.24) is 24.8 Å². The second-order valence-corrected chi connectivity index (χ2v) is 9.87. The first-order chi connectivity index (χ1) is 18.0. The fourth-order valence-corrected chi connectivity index (χ4v) is 6.10. The van der Waals surface area contributed by atoms with Crippen LogP contribution < -0.4 is 0 Å². The number of carbonyl (C=O) groups is 3. The highest BCUT2D eigenvalue weighted by Crippen LogP contribution is 2.53. The Hall–Kier alpha value is -3.57. The zero-order valence-electron chi connectivity index (χ0n) is 20.3. The minimum atomic E-state index is -1.30. The molecule has 2 aromatic rings. The van der Waals surface area contributed by atoms with Crippen LogP contribution >= 0.6 is 0 Å². The summed E-state index contributed by atoms with van der Waals surface area (Å²) in [5.41, 5.74) is 0.219. The van der Waals surface area contributed by atoms with Crippen molar-refractivity contribution in [1.29, 1.82) is 0 Å². The number of cyclic esters (lactones) is 1. The molecule has 2 fully saturated rings. The van der Waals surface area contributed by atoms with Crippen LogP contribution in [0.1, 0.15) is 19.3 Å². The molecule has 0 bridgehead atoms. The van der Waals surface area contributed by atoms with Crippen LogP contribution in [0.5, 0.6) is 0 Å². The summed E-state index contributed by atoms with van der Waals surface area (Å²) in [6.45, 7) is 0.932. The molecule has 37 heavy (non-hydrogen) atoms. The second kappa shape index (κ2) is 9.38. The smallest absolute Gasteiger partial charge is 0.312 e. The van der Waals surface area contributed by atoms with Gasteiger partial charge in [0.2, 0.25) is 5.91 Å². The van der Waals surface area contributed by atoms with Crippen LogP contribution in [0.25, 0.3) is 11.0 Å². The van der Waals surface area contributed by atoms with E-state index in [9.17, 15) is 19.5 Å². The lowest BCUT2D eigenvalue weighted by molar-refractivity contribution is -0.155. The Bertz CT molecular complexity index is 1290. The normalized spacial score (nSPS) is 31.1. The lowest BCUT2D eigenvalue weighted by atomic mass is 9.78. The van der Waals surface area contributed by atoms with Crippen LogP contribution in [0.3, 0.4) is 0 Å². The van der Waals surface area contributed by atoms with Crippen LogP contribution in [-0.4, -0.2) is 91.7 Å². The fourth-order valence-electron chi connectivity index (χ4n) is 6.10. The zero-order chi connectivity index (χ0) is 25.6. The van der Waals surface area contributed by atoms with Crippen molar-refractivity contribution in [3.8, 4) is 0 Å². The van der Waals surface area contributed by atoms with E-state index < -0.39 is 35.6 Å². The van der Waals surface area contributed by atoms with Crippen molar-refractivity contribution in [3.05, 3.63) is 48.6 Å². The number of likely N-dealkylation sites (tertiary alicyclic amines) is 1. The fraction of sp³-hybridized carbons (Fsp3) is 0.500. The number of rotatable bonds is 6. The van der Waals surface area contributed by atoms with Crippen molar-refractivity contribution in [2.24, 2.45) is 11.8 Å². The summed E-state index contributed by atoms with van der Waals surface area (Å²) in [4.78, 5) is 44.4. The molecule has 2 amide bonds. The van der Waals surface area contributed by atoms with Gasteiger partial charge in [0.25, 0.3) is 5.91 Å². The molecular weight excluding hydrogens is 478 g/mol. The van der Waals surface area contributed by atoms with Gasteiger partial charge in [-0.2, -0.15) is 0 Å². The molecule has 1 aromatic carbocycles. The number of para-hydroxylation sites is 1. The number of unbranched alkanes of at least 4 members (excludes halogenated alkanes) is 1. The Morgan fingerprint density at radius 1 is 1.11 bits per heavy atom. The van der Waals surface area contributed by atoms with Crippen molar-refractivity contribution in [3.63, 3.8) is 0 Å². The number of ether oxygens (including phenoxy) is 2. The van der Waals surface area contributed by atoms with Gasteiger partial charge in [-0.15, -0.1) is 5.10 Å². The second-order valence-electron chi connectivity index (χ2n) is 9.87. The molecule has 0 saturated carbocycles. The molecule has 5 heterocycles. The van der Waals surface area contributed by atoms with E-state index in [2.05, 4.69) is 10.3 Å². The number of fused-ring (bicyclic) bond motifs is 3. The molecule has 4 aliphatic rings. The van der Waals surface area contributed by atoms with Crippen LogP contribution in [0.2, 0.25) is 0 Å². The lowest BCUT2D eigenvalue weighted by Crippen LogP contribution is -2.55. The number of nitrogens with zero attached hydrogens (tertiary/aromatic N) is 5. The number of aromatic nitrogens is 3. The minimum Gasteiger partial charge on any atom is -0.465 e. The van der Waals surface area contributed by atoms with E-state index in [1.54, 1.807) is 15.7 Å². The van der Waals surface area contributed by atoms with Gasteiger partial charge in [0.15, 0.2) is 0 Å².